The molecule has 0 saturated carbocycles. The average Bonchev–Trinajstić information content (AvgIpc) is 2.15. The molecule has 0 bridgehead atoms. The number of benzene rings is 1. The fraction of sp³-hybridized carbons (Fsp3) is 0.200. The number of nitrogen functional groups attached to an aromatic ring is 1. The van der Waals surface area contributed by atoms with E-state index in [0.29, 0.717) is 14.6 Å². The van der Waals surface area contributed by atoms with Crippen LogP contribution in [0.2, 0.25) is 0 Å². The van der Waals surface area contributed by atoms with Crippen molar-refractivity contribution < 1.29 is 8.42 Å². The lowest BCUT2D eigenvalue weighted by molar-refractivity contribution is 0.502. The predicted octanol–water partition coefficient (Wildman–Crippen LogP) is 2.05. The average molecular weight is 382 g/mol. The zero-order valence-electron chi connectivity index (χ0n) is 8.94. The van der Waals surface area contributed by atoms with E-state index in [1.807, 2.05) is 0 Å². The minimum Gasteiger partial charge on any atom is -0.399 e. The van der Waals surface area contributed by atoms with Crippen molar-refractivity contribution in [2.45, 2.75) is 4.90 Å². The second-order valence-electron chi connectivity index (χ2n) is 3.28. The largest absolute Gasteiger partial charge is 0.399 e. The van der Waals surface area contributed by atoms with Crippen LogP contribution in [-0.4, -0.2) is 26.3 Å². The van der Waals surface area contributed by atoms with Crippen molar-refractivity contribution in [1.82, 2.24) is 4.31 Å². The molecule has 0 aliphatic carbocycles. The highest BCUT2D eigenvalue weighted by atomic mass is 79.9. The first-order chi connectivity index (χ1) is 7.80. The van der Waals surface area contributed by atoms with Gasteiger partial charge in [-0.05, 0) is 44.0 Å². The Morgan fingerprint density at radius 3 is 2.29 bits per heavy atom. The number of nitrogens with two attached hydrogens (primary N) is 1. The Balaban J connectivity index is 3.40. The second-order valence-corrected chi connectivity index (χ2v) is 6.97. The number of halogens is 2. The Labute approximate surface area is 117 Å². The molecule has 0 fully saturated rings. The number of terminal acetylenes is 1. The Morgan fingerprint density at radius 1 is 1.41 bits per heavy atom. The lowest BCUT2D eigenvalue weighted by Crippen LogP contribution is -2.27. The summed E-state index contributed by atoms with van der Waals surface area (Å²) < 4.78 is 26.3. The Bertz CT molecular complexity index is 555. The zero-order chi connectivity index (χ0) is 13.2. The Hall–Kier alpha value is -0.550. The monoisotopic (exact) mass is 380 g/mol. The fourth-order valence-corrected chi connectivity index (χ4v) is 4.81. The molecule has 17 heavy (non-hydrogen) atoms. The summed E-state index contributed by atoms with van der Waals surface area (Å²) in [7, 11) is -2.22. The third-order valence-electron chi connectivity index (χ3n) is 2.00. The van der Waals surface area contributed by atoms with E-state index in [-0.39, 0.29) is 11.4 Å². The van der Waals surface area contributed by atoms with E-state index in [1.165, 1.54) is 19.2 Å². The molecule has 0 aromatic heterocycles. The number of anilines is 1. The van der Waals surface area contributed by atoms with Crippen LogP contribution >= 0.6 is 31.9 Å². The summed E-state index contributed by atoms with van der Waals surface area (Å²) in [5.41, 5.74) is 6.07. The predicted molar refractivity (Wildman–Crippen MR) is 74.9 cm³/mol. The maximum atomic E-state index is 12.2. The summed E-state index contributed by atoms with van der Waals surface area (Å²) in [5.74, 6) is 2.29. The summed E-state index contributed by atoms with van der Waals surface area (Å²) >= 11 is 6.37. The lowest BCUT2D eigenvalue weighted by atomic mass is 10.3. The molecule has 2 N–H and O–H groups in total. The second kappa shape index (κ2) is 5.40. The minimum absolute atomic E-state index is 0.00555. The molecule has 7 heteroatoms. The first-order valence-electron chi connectivity index (χ1n) is 4.45. The summed E-state index contributed by atoms with van der Waals surface area (Å²) in [4.78, 5) is 0.115. The van der Waals surface area contributed by atoms with Crippen molar-refractivity contribution >= 4 is 47.6 Å². The van der Waals surface area contributed by atoms with Gasteiger partial charge in [0, 0.05) is 21.7 Å². The van der Waals surface area contributed by atoms with Crippen molar-refractivity contribution in [2.24, 2.45) is 0 Å². The normalized spacial score (nSPS) is 11.5. The van der Waals surface area contributed by atoms with Crippen molar-refractivity contribution in [3.8, 4) is 12.3 Å². The van der Waals surface area contributed by atoms with Crippen LogP contribution in [-0.2, 0) is 10.0 Å². The number of nitrogens with zero attached hydrogens (tertiary/aromatic N) is 1. The van der Waals surface area contributed by atoms with Crippen LogP contribution in [0.4, 0.5) is 5.69 Å². The van der Waals surface area contributed by atoms with Gasteiger partial charge in [0.2, 0.25) is 10.0 Å². The number of hydrogen-bond donors (Lipinski definition) is 1. The minimum atomic E-state index is -3.64. The van der Waals surface area contributed by atoms with Gasteiger partial charge in [0.15, 0.2) is 0 Å². The summed E-state index contributed by atoms with van der Waals surface area (Å²) in [5, 5.41) is 0. The van der Waals surface area contributed by atoms with Crippen LogP contribution in [0.5, 0.6) is 0 Å². The van der Waals surface area contributed by atoms with Gasteiger partial charge in [0.05, 0.1) is 6.54 Å². The van der Waals surface area contributed by atoms with Crippen molar-refractivity contribution in [3.63, 3.8) is 0 Å². The fourth-order valence-electron chi connectivity index (χ4n) is 1.20. The van der Waals surface area contributed by atoms with Crippen LogP contribution in [0.15, 0.2) is 26.0 Å². The molecule has 0 heterocycles. The van der Waals surface area contributed by atoms with Crippen LogP contribution in [0, 0.1) is 12.3 Å². The molecule has 1 rings (SSSR count). The van der Waals surface area contributed by atoms with Crippen LogP contribution in [0.1, 0.15) is 0 Å². The number of rotatable bonds is 3. The first-order valence-corrected chi connectivity index (χ1v) is 7.47. The zero-order valence-corrected chi connectivity index (χ0v) is 12.9. The maximum Gasteiger partial charge on any atom is 0.245 e. The Morgan fingerprint density at radius 2 is 1.88 bits per heavy atom. The van der Waals surface area contributed by atoms with Gasteiger partial charge in [0.1, 0.15) is 4.90 Å². The van der Waals surface area contributed by atoms with E-state index in [1.54, 1.807) is 0 Å². The van der Waals surface area contributed by atoms with E-state index in [2.05, 4.69) is 37.8 Å². The van der Waals surface area contributed by atoms with E-state index in [4.69, 9.17) is 12.2 Å². The van der Waals surface area contributed by atoms with Gasteiger partial charge in [0.25, 0.3) is 0 Å². The van der Waals surface area contributed by atoms with Crippen LogP contribution in [0.3, 0.4) is 0 Å². The quantitative estimate of drug-likeness (QED) is 0.643. The van der Waals surface area contributed by atoms with E-state index >= 15 is 0 Å². The molecule has 0 radical (unpaired) electrons. The van der Waals surface area contributed by atoms with Crippen molar-refractivity contribution in [2.75, 3.05) is 19.3 Å². The topological polar surface area (TPSA) is 63.4 Å². The van der Waals surface area contributed by atoms with Crippen molar-refractivity contribution in [1.29, 1.82) is 0 Å². The summed E-state index contributed by atoms with van der Waals surface area (Å²) in [6, 6.07) is 3.06. The highest BCUT2D eigenvalue weighted by Crippen LogP contribution is 2.33. The smallest absolute Gasteiger partial charge is 0.245 e. The van der Waals surface area contributed by atoms with Gasteiger partial charge in [-0.3, -0.25) is 0 Å². The standard InChI is InChI=1S/C10H10Br2N2O2S/c1-3-4-14(2)17(15,16)10-8(11)5-7(13)6-9(10)12/h1,5-6H,4,13H2,2H3. The highest BCUT2D eigenvalue weighted by molar-refractivity contribution is 9.11. The SMILES string of the molecule is C#CCN(C)S(=O)(=O)c1c(Br)cc(N)cc1Br. The molecular weight excluding hydrogens is 372 g/mol. The number of hydrogen-bond acceptors (Lipinski definition) is 3. The Kier molecular flexibility index (Phi) is 4.61. The lowest BCUT2D eigenvalue weighted by Gasteiger charge is -2.17. The molecule has 0 unspecified atom stereocenters. The third kappa shape index (κ3) is 3.01. The van der Waals surface area contributed by atoms with Crippen LogP contribution in [0.25, 0.3) is 0 Å². The third-order valence-corrected chi connectivity index (χ3v) is 5.68. The van der Waals surface area contributed by atoms with E-state index in [0.717, 1.165) is 4.31 Å². The molecule has 1 aromatic carbocycles. The molecule has 1 aromatic rings. The molecule has 0 spiro atoms. The van der Waals surface area contributed by atoms with Crippen molar-refractivity contribution in [3.05, 3.63) is 21.1 Å². The maximum absolute atomic E-state index is 12.2. The van der Waals surface area contributed by atoms with Gasteiger partial charge in [-0.25, -0.2) is 8.42 Å². The van der Waals surface area contributed by atoms with Gasteiger partial charge in [-0.1, -0.05) is 5.92 Å². The number of sulfonamides is 1. The van der Waals surface area contributed by atoms with E-state index < -0.39 is 10.0 Å². The molecule has 0 saturated heterocycles. The molecular formula is C10H10Br2N2O2S. The van der Waals surface area contributed by atoms with Crippen LogP contribution < -0.4 is 5.73 Å². The molecule has 92 valence electrons. The summed E-state index contributed by atoms with van der Waals surface area (Å²) in [6.07, 6.45) is 5.10. The first kappa shape index (κ1) is 14.5. The van der Waals surface area contributed by atoms with Gasteiger partial charge < -0.3 is 5.73 Å². The summed E-state index contributed by atoms with van der Waals surface area (Å²) in [6.45, 7) is 0.00555. The highest BCUT2D eigenvalue weighted by Gasteiger charge is 2.25. The van der Waals surface area contributed by atoms with Gasteiger partial charge >= 0.3 is 0 Å². The molecule has 4 nitrogen and oxygen atoms in total. The molecule has 0 atom stereocenters. The molecule has 0 aliphatic heterocycles. The molecule has 0 aliphatic rings. The van der Waals surface area contributed by atoms with E-state index in [9.17, 15) is 8.42 Å². The molecule has 0 amide bonds. The van der Waals surface area contributed by atoms with Gasteiger partial charge in [-0.15, -0.1) is 6.42 Å². The van der Waals surface area contributed by atoms with Gasteiger partial charge in [-0.2, -0.15) is 4.31 Å².